The van der Waals surface area contributed by atoms with Gasteiger partial charge in [-0.05, 0) is 18.4 Å². The Bertz CT molecular complexity index is 378. The summed E-state index contributed by atoms with van der Waals surface area (Å²) in [5.74, 6) is 0.659. The lowest BCUT2D eigenvalue weighted by molar-refractivity contribution is 0.0674. The molecule has 1 aliphatic rings. The van der Waals surface area contributed by atoms with Crippen molar-refractivity contribution in [1.82, 2.24) is 4.90 Å². The molecule has 0 atom stereocenters. The summed E-state index contributed by atoms with van der Waals surface area (Å²) in [6.45, 7) is 4.00. The topological polar surface area (TPSA) is 50.8 Å². The van der Waals surface area contributed by atoms with Crippen LogP contribution in [0, 0.1) is 0 Å². The number of halogens is 1. The summed E-state index contributed by atoms with van der Waals surface area (Å²) in [5, 5.41) is 0. The third-order valence-corrected chi connectivity index (χ3v) is 3.08. The van der Waals surface area contributed by atoms with E-state index in [9.17, 15) is 0 Å². The number of nitrogens with zero attached hydrogens (tertiary/aromatic N) is 2. The fraction of sp³-hybridized carbons (Fsp3) is 0.500. The number of hydrogen-bond donors (Lipinski definition) is 1. The molecular weight excluding hydrogens is 353 g/mol. The van der Waals surface area contributed by atoms with E-state index in [1.807, 2.05) is 6.07 Å². The third kappa shape index (κ3) is 5.78. The molecule has 0 unspecified atom stereocenters. The largest absolute Gasteiger partial charge is 0.378 e. The maximum atomic E-state index is 5.95. The first-order valence-electron chi connectivity index (χ1n) is 6.53. The van der Waals surface area contributed by atoms with Crippen LogP contribution in [0.15, 0.2) is 35.3 Å². The van der Waals surface area contributed by atoms with E-state index in [1.165, 1.54) is 5.56 Å². The zero-order valence-electron chi connectivity index (χ0n) is 11.1. The van der Waals surface area contributed by atoms with Crippen molar-refractivity contribution in [2.24, 2.45) is 10.7 Å². The van der Waals surface area contributed by atoms with Crippen LogP contribution in [0.3, 0.4) is 0 Å². The lowest BCUT2D eigenvalue weighted by Crippen LogP contribution is -2.44. The van der Waals surface area contributed by atoms with E-state index in [0.717, 1.165) is 45.7 Å². The number of morpholine rings is 1. The van der Waals surface area contributed by atoms with Crippen molar-refractivity contribution in [3.63, 3.8) is 0 Å². The fourth-order valence-electron chi connectivity index (χ4n) is 2.01. The van der Waals surface area contributed by atoms with Gasteiger partial charge in [0.2, 0.25) is 0 Å². The van der Waals surface area contributed by atoms with Gasteiger partial charge in [-0.15, -0.1) is 24.0 Å². The molecule has 0 saturated carbocycles. The molecule has 4 nitrogen and oxygen atoms in total. The van der Waals surface area contributed by atoms with E-state index in [1.54, 1.807) is 0 Å². The van der Waals surface area contributed by atoms with Crippen molar-refractivity contribution in [3.8, 4) is 0 Å². The van der Waals surface area contributed by atoms with Crippen LogP contribution in [0.25, 0.3) is 0 Å². The molecule has 1 aliphatic heterocycles. The minimum Gasteiger partial charge on any atom is -0.378 e. The van der Waals surface area contributed by atoms with Crippen LogP contribution in [-0.2, 0) is 11.2 Å². The predicted octanol–water partition coefficient (Wildman–Crippen LogP) is 1.88. The Morgan fingerprint density at radius 3 is 2.58 bits per heavy atom. The Morgan fingerprint density at radius 1 is 1.21 bits per heavy atom. The van der Waals surface area contributed by atoms with Crippen molar-refractivity contribution < 1.29 is 4.74 Å². The molecule has 0 radical (unpaired) electrons. The second-order valence-electron chi connectivity index (χ2n) is 4.43. The normalized spacial score (nSPS) is 16.0. The van der Waals surface area contributed by atoms with Crippen molar-refractivity contribution >= 4 is 29.9 Å². The zero-order chi connectivity index (χ0) is 12.6. The van der Waals surface area contributed by atoms with Crippen molar-refractivity contribution in [3.05, 3.63) is 35.9 Å². The first-order valence-corrected chi connectivity index (χ1v) is 6.53. The summed E-state index contributed by atoms with van der Waals surface area (Å²) in [6, 6.07) is 10.5. The SMILES string of the molecule is I.NC(=NCCCc1ccccc1)N1CCOCC1. The van der Waals surface area contributed by atoms with Crippen LogP contribution in [-0.4, -0.2) is 43.7 Å². The maximum absolute atomic E-state index is 5.95. The van der Waals surface area contributed by atoms with E-state index < -0.39 is 0 Å². The van der Waals surface area contributed by atoms with E-state index >= 15 is 0 Å². The number of nitrogens with two attached hydrogens (primary N) is 1. The van der Waals surface area contributed by atoms with E-state index in [2.05, 4.69) is 34.2 Å². The molecule has 2 rings (SSSR count). The number of guanidine groups is 1. The van der Waals surface area contributed by atoms with E-state index in [0.29, 0.717) is 5.96 Å². The Hall–Kier alpha value is -0.820. The number of hydrogen-bond acceptors (Lipinski definition) is 2. The number of aliphatic imine (C=N–C) groups is 1. The van der Waals surface area contributed by atoms with Crippen LogP contribution in [0.2, 0.25) is 0 Å². The van der Waals surface area contributed by atoms with Crippen LogP contribution in [0.4, 0.5) is 0 Å². The van der Waals surface area contributed by atoms with Gasteiger partial charge in [-0.3, -0.25) is 4.99 Å². The predicted molar refractivity (Wildman–Crippen MR) is 89.1 cm³/mol. The molecule has 1 saturated heterocycles. The van der Waals surface area contributed by atoms with Gasteiger partial charge >= 0.3 is 0 Å². The van der Waals surface area contributed by atoms with Crippen molar-refractivity contribution in [2.45, 2.75) is 12.8 Å². The molecule has 0 bridgehead atoms. The highest BCUT2D eigenvalue weighted by molar-refractivity contribution is 14.0. The highest BCUT2D eigenvalue weighted by Gasteiger charge is 2.11. The summed E-state index contributed by atoms with van der Waals surface area (Å²) >= 11 is 0. The maximum Gasteiger partial charge on any atom is 0.191 e. The number of aryl methyl sites for hydroxylation is 1. The number of benzene rings is 1. The molecular formula is C14H22IN3O. The smallest absolute Gasteiger partial charge is 0.191 e. The average molecular weight is 375 g/mol. The molecule has 0 spiro atoms. The zero-order valence-corrected chi connectivity index (χ0v) is 13.5. The first-order chi connectivity index (χ1) is 8.86. The third-order valence-electron chi connectivity index (χ3n) is 3.08. The molecule has 1 aromatic rings. The first kappa shape index (κ1) is 16.2. The van der Waals surface area contributed by atoms with E-state index in [4.69, 9.17) is 10.5 Å². The highest BCUT2D eigenvalue weighted by Crippen LogP contribution is 2.02. The Balaban J connectivity index is 0.00000180. The van der Waals surface area contributed by atoms with Gasteiger partial charge in [-0.2, -0.15) is 0 Å². The van der Waals surface area contributed by atoms with Gasteiger partial charge in [0.15, 0.2) is 5.96 Å². The summed E-state index contributed by atoms with van der Waals surface area (Å²) in [5.41, 5.74) is 7.31. The molecule has 19 heavy (non-hydrogen) atoms. The minimum atomic E-state index is 0. The van der Waals surface area contributed by atoms with Gasteiger partial charge in [0, 0.05) is 19.6 Å². The molecule has 0 amide bonds. The van der Waals surface area contributed by atoms with Crippen molar-refractivity contribution in [2.75, 3.05) is 32.8 Å². The van der Waals surface area contributed by atoms with Crippen LogP contribution < -0.4 is 5.73 Å². The van der Waals surface area contributed by atoms with Gasteiger partial charge in [0.05, 0.1) is 13.2 Å². The summed E-state index contributed by atoms with van der Waals surface area (Å²) in [4.78, 5) is 6.52. The second-order valence-corrected chi connectivity index (χ2v) is 4.43. The van der Waals surface area contributed by atoms with Crippen molar-refractivity contribution in [1.29, 1.82) is 0 Å². The van der Waals surface area contributed by atoms with Gasteiger partial charge in [0.25, 0.3) is 0 Å². The molecule has 2 N–H and O–H groups in total. The van der Waals surface area contributed by atoms with Gasteiger partial charge in [-0.1, -0.05) is 30.3 Å². The molecule has 1 fully saturated rings. The summed E-state index contributed by atoms with van der Waals surface area (Å²) in [6.07, 6.45) is 2.09. The fourth-order valence-corrected chi connectivity index (χ4v) is 2.01. The molecule has 0 aliphatic carbocycles. The molecule has 5 heteroatoms. The number of rotatable bonds is 4. The number of ether oxygens (including phenoxy) is 1. The standard InChI is InChI=1S/C14H21N3O.HI/c15-14(17-9-11-18-12-10-17)16-8-4-7-13-5-2-1-3-6-13;/h1-3,5-6H,4,7-12H2,(H2,15,16);1H. The van der Waals surface area contributed by atoms with Crippen LogP contribution >= 0.6 is 24.0 Å². The molecule has 106 valence electrons. The Labute approximate surface area is 132 Å². The lowest BCUT2D eigenvalue weighted by Gasteiger charge is -2.27. The monoisotopic (exact) mass is 375 g/mol. The van der Waals surface area contributed by atoms with Gasteiger partial charge in [0.1, 0.15) is 0 Å². The lowest BCUT2D eigenvalue weighted by atomic mass is 10.1. The van der Waals surface area contributed by atoms with E-state index in [-0.39, 0.29) is 24.0 Å². The Morgan fingerprint density at radius 2 is 1.89 bits per heavy atom. The quantitative estimate of drug-likeness (QED) is 0.379. The Kier molecular flexibility index (Phi) is 7.81. The van der Waals surface area contributed by atoms with Gasteiger partial charge < -0.3 is 15.4 Å². The summed E-state index contributed by atoms with van der Waals surface area (Å²) in [7, 11) is 0. The van der Waals surface area contributed by atoms with Crippen LogP contribution in [0.1, 0.15) is 12.0 Å². The molecule has 0 aromatic heterocycles. The second kappa shape index (κ2) is 9.14. The summed E-state index contributed by atoms with van der Waals surface area (Å²) < 4.78 is 5.28. The average Bonchev–Trinajstić information content (AvgIpc) is 2.45. The highest BCUT2D eigenvalue weighted by atomic mass is 127. The minimum absolute atomic E-state index is 0. The van der Waals surface area contributed by atoms with Gasteiger partial charge in [-0.25, -0.2) is 0 Å². The molecule has 1 aromatic carbocycles. The molecule has 1 heterocycles. The van der Waals surface area contributed by atoms with Crippen LogP contribution in [0.5, 0.6) is 0 Å².